The molecule has 116 valence electrons. The zero-order valence-corrected chi connectivity index (χ0v) is 13.0. The summed E-state index contributed by atoms with van der Waals surface area (Å²) in [4.78, 5) is 24.7. The molecule has 0 bridgehead atoms. The molecule has 0 fully saturated rings. The molecule has 1 N–H and O–H groups in total. The Morgan fingerprint density at radius 2 is 2.00 bits per heavy atom. The van der Waals surface area contributed by atoms with Gasteiger partial charge in [0, 0.05) is 32.3 Å². The number of benzene rings is 1. The SMILES string of the molecule is CC(=O)N[C@H](C)C(=O)N(C)Cc1cnn(-c2ccccc2)c1. The normalized spacial score (nSPS) is 11.8. The molecule has 0 saturated heterocycles. The quantitative estimate of drug-likeness (QED) is 0.906. The number of likely N-dealkylation sites (N-methyl/N-ethyl adjacent to an activating group) is 1. The van der Waals surface area contributed by atoms with Crippen LogP contribution < -0.4 is 5.32 Å². The van der Waals surface area contributed by atoms with Crippen molar-refractivity contribution in [3.63, 3.8) is 0 Å². The summed E-state index contributed by atoms with van der Waals surface area (Å²) in [5.41, 5.74) is 1.89. The summed E-state index contributed by atoms with van der Waals surface area (Å²) >= 11 is 0. The number of para-hydroxylation sites is 1. The molecule has 0 spiro atoms. The van der Waals surface area contributed by atoms with Crippen LogP contribution in [0.15, 0.2) is 42.7 Å². The largest absolute Gasteiger partial charge is 0.345 e. The lowest BCUT2D eigenvalue weighted by atomic mass is 10.2. The van der Waals surface area contributed by atoms with Gasteiger partial charge >= 0.3 is 0 Å². The number of aromatic nitrogens is 2. The first-order valence-electron chi connectivity index (χ1n) is 7.08. The monoisotopic (exact) mass is 300 g/mol. The Hall–Kier alpha value is -2.63. The van der Waals surface area contributed by atoms with Crippen LogP contribution in [0.2, 0.25) is 0 Å². The molecule has 6 nitrogen and oxygen atoms in total. The van der Waals surface area contributed by atoms with Crippen molar-refractivity contribution in [2.75, 3.05) is 7.05 Å². The molecular formula is C16H20N4O2. The highest BCUT2D eigenvalue weighted by molar-refractivity contribution is 5.86. The Balaban J connectivity index is 2.01. The van der Waals surface area contributed by atoms with Crippen molar-refractivity contribution in [3.05, 3.63) is 48.3 Å². The molecule has 2 aromatic rings. The molecule has 0 aliphatic heterocycles. The minimum absolute atomic E-state index is 0.136. The van der Waals surface area contributed by atoms with Crippen LogP contribution >= 0.6 is 0 Å². The number of nitrogens with one attached hydrogen (secondary N) is 1. The fraction of sp³-hybridized carbons (Fsp3) is 0.312. The fourth-order valence-corrected chi connectivity index (χ4v) is 2.21. The van der Waals surface area contributed by atoms with E-state index in [-0.39, 0.29) is 11.8 Å². The van der Waals surface area contributed by atoms with Crippen molar-refractivity contribution in [2.24, 2.45) is 0 Å². The molecule has 0 radical (unpaired) electrons. The van der Waals surface area contributed by atoms with Gasteiger partial charge in [-0.05, 0) is 19.1 Å². The Morgan fingerprint density at radius 1 is 1.32 bits per heavy atom. The predicted molar refractivity (Wildman–Crippen MR) is 83.3 cm³/mol. The first-order chi connectivity index (χ1) is 10.5. The van der Waals surface area contributed by atoms with Gasteiger partial charge < -0.3 is 10.2 Å². The Kier molecular flexibility index (Phi) is 4.93. The van der Waals surface area contributed by atoms with Crippen LogP contribution in [-0.4, -0.2) is 39.6 Å². The van der Waals surface area contributed by atoms with Crippen LogP contribution in [0.5, 0.6) is 0 Å². The summed E-state index contributed by atoms with van der Waals surface area (Å²) in [6, 6.07) is 9.23. The van der Waals surface area contributed by atoms with E-state index in [9.17, 15) is 9.59 Å². The number of carbonyl (C=O) groups excluding carboxylic acids is 2. The highest BCUT2D eigenvalue weighted by atomic mass is 16.2. The van der Waals surface area contributed by atoms with Gasteiger partial charge in [0.05, 0.1) is 11.9 Å². The molecule has 0 unspecified atom stereocenters. The van der Waals surface area contributed by atoms with Crippen LogP contribution in [0.3, 0.4) is 0 Å². The molecule has 0 aliphatic rings. The third kappa shape index (κ3) is 3.94. The minimum atomic E-state index is -0.535. The molecule has 1 aromatic carbocycles. The van der Waals surface area contributed by atoms with Crippen LogP contribution in [0.4, 0.5) is 0 Å². The van der Waals surface area contributed by atoms with E-state index in [0.29, 0.717) is 6.54 Å². The third-order valence-corrected chi connectivity index (χ3v) is 3.24. The van der Waals surface area contributed by atoms with E-state index < -0.39 is 6.04 Å². The number of rotatable bonds is 5. The highest BCUT2D eigenvalue weighted by Gasteiger charge is 2.18. The van der Waals surface area contributed by atoms with E-state index in [4.69, 9.17) is 0 Å². The standard InChI is InChI=1S/C16H20N4O2/c1-12(18-13(2)21)16(22)19(3)10-14-9-17-20(11-14)15-7-5-4-6-8-15/h4-9,11-12H,10H2,1-3H3,(H,18,21)/t12-/m1/s1. The molecule has 2 rings (SSSR count). The highest BCUT2D eigenvalue weighted by Crippen LogP contribution is 2.09. The topological polar surface area (TPSA) is 67.2 Å². The lowest BCUT2D eigenvalue weighted by Crippen LogP contribution is -2.44. The molecule has 0 saturated carbocycles. The zero-order chi connectivity index (χ0) is 16.1. The van der Waals surface area contributed by atoms with Gasteiger partial charge in [-0.2, -0.15) is 5.10 Å². The maximum atomic E-state index is 12.1. The molecule has 2 amide bonds. The van der Waals surface area contributed by atoms with E-state index in [1.54, 1.807) is 29.7 Å². The lowest BCUT2D eigenvalue weighted by molar-refractivity contribution is -0.134. The van der Waals surface area contributed by atoms with Crippen LogP contribution in [0.25, 0.3) is 5.69 Å². The summed E-state index contributed by atoms with van der Waals surface area (Å²) in [5, 5.41) is 6.89. The maximum Gasteiger partial charge on any atom is 0.244 e. The van der Waals surface area contributed by atoms with Crippen molar-refractivity contribution in [3.8, 4) is 5.69 Å². The van der Waals surface area contributed by atoms with Gasteiger partial charge in [-0.1, -0.05) is 18.2 Å². The summed E-state index contributed by atoms with van der Waals surface area (Å²) in [5.74, 6) is -0.353. The van der Waals surface area contributed by atoms with Gasteiger partial charge in [-0.3, -0.25) is 9.59 Å². The van der Waals surface area contributed by atoms with Crippen LogP contribution in [-0.2, 0) is 16.1 Å². The van der Waals surface area contributed by atoms with Crippen molar-refractivity contribution >= 4 is 11.8 Å². The predicted octanol–water partition coefficient (Wildman–Crippen LogP) is 1.36. The summed E-state index contributed by atoms with van der Waals surface area (Å²) in [7, 11) is 1.71. The van der Waals surface area contributed by atoms with Crippen molar-refractivity contribution in [2.45, 2.75) is 26.4 Å². The molecular weight excluding hydrogens is 280 g/mol. The molecule has 6 heteroatoms. The Morgan fingerprint density at radius 3 is 2.64 bits per heavy atom. The van der Waals surface area contributed by atoms with E-state index in [2.05, 4.69) is 10.4 Å². The summed E-state index contributed by atoms with van der Waals surface area (Å²) in [6.07, 6.45) is 3.63. The van der Waals surface area contributed by atoms with Crippen LogP contribution in [0.1, 0.15) is 19.4 Å². The second-order valence-electron chi connectivity index (χ2n) is 5.25. The van der Waals surface area contributed by atoms with Gasteiger partial charge in [0.25, 0.3) is 0 Å². The van der Waals surface area contributed by atoms with Crippen molar-refractivity contribution in [1.29, 1.82) is 0 Å². The number of amides is 2. The third-order valence-electron chi connectivity index (χ3n) is 3.24. The maximum absolute atomic E-state index is 12.1. The number of nitrogens with zero attached hydrogens (tertiary/aromatic N) is 3. The average Bonchev–Trinajstić information content (AvgIpc) is 2.95. The zero-order valence-electron chi connectivity index (χ0n) is 13.0. The van der Waals surface area contributed by atoms with Gasteiger partial charge in [-0.25, -0.2) is 4.68 Å². The fourth-order valence-electron chi connectivity index (χ4n) is 2.21. The smallest absolute Gasteiger partial charge is 0.244 e. The van der Waals surface area contributed by atoms with Crippen molar-refractivity contribution in [1.82, 2.24) is 20.0 Å². The van der Waals surface area contributed by atoms with E-state index in [1.807, 2.05) is 36.5 Å². The first kappa shape index (κ1) is 15.8. The van der Waals surface area contributed by atoms with E-state index in [1.165, 1.54) is 6.92 Å². The number of carbonyl (C=O) groups is 2. The lowest BCUT2D eigenvalue weighted by Gasteiger charge is -2.21. The number of hydrogen-bond acceptors (Lipinski definition) is 3. The first-order valence-corrected chi connectivity index (χ1v) is 7.08. The molecule has 22 heavy (non-hydrogen) atoms. The van der Waals surface area contributed by atoms with E-state index in [0.717, 1.165) is 11.3 Å². The molecule has 0 aliphatic carbocycles. The Labute approximate surface area is 129 Å². The summed E-state index contributed by atoms with van der Waals surface area (Å²) in [6.45, 7) is 3.51. The minimum Gasteiger partial charge on any atom is -0.345 e. The average molecular weight is 300 g/mol. The second-order valence-corrected chi connectivity index (χ2v) is 5.25. The molecule has 1 atom stereocenters. The van der Waals surface area contributed by atoms with Crippen LogP contribution in [0, 0.1) is 0 Å². The molecule has 1 heterocycles. The molecule has 1 aromatic heterocycles. The second kappa shape index (κ2) is 6.89. The van der Waals surface area contributed by atoms with Gasteiger partial charge in [0.15, 0.2) is 0 Å². The van der Waals surface area contributed by atoms with Gasteiger partial charge in [0.2, 0.25) is 11.8 Å². The van der Waals surface area contributed by atoms with Gasteiger partial charge in [-0.15, -0.1) is 0 Å². The van der Waals surface area contributed by atoms with Crippen molar-refractivity contribution < 1.29 is 9.59 Å². The summed E-state index contributed by atoms with van der Waals surface area (Å²) < 4.78 is 1.77. The Bertz CT molecular complexity index is 651. The van der Waals surface area contributed by atoms with Gasteiger partial charge in [0.1, 0.15) is 6.04 Å². The number of hydrogen-bond donors (Lipinski definition) is 1. The van der Waals surface area contributed by atoms with E-state index >= 15 is 0 Å².